The van der Waals surface area contributed by atoms with Gasteiger partial charge in [-0.15, -0.1) is 0 Å². The van der Waals surface area contributed by atoms with Crippen LogP contribution in [0.1, 0.15) is 0 Å². The smallest absolute Gasteiger partial charge is 0.756 e. The Morgan fingerprint density at radius 1 is 1.50 bits per heavy atom. The van der Waals surface area contributed by atoms with Gasteiger partial charge in [0, 0.05) is 7.11 Å². The third kappa shape index (κ3) is 8.99. The molecule has 12 heavy (non-hydrogen) atoms. The summed E-state index contributed by atoms with van der Waals surface area (Å²) in [4.78, 5) is 10.1. The van der Waals surface area contributed by atoms with Crippen LogP contribution in [0.2, 0.25) is 0 Å². The number of hydrogen-bond donors (Lipinski definition) is 0. The zero-order valence-corrected chi connectivity index (χ0v) is 9.32. The zero-order valence-electron chi connectivity index (χ0n) is 6.42. The fourth-order valence-electron chi connectivity index (χ4n) is 0.205. The molecule has 0 aromatic rings. The van der Waals surface area contributed by atoms with Crippen molar-refractivity contribution in [3.8, 4) is 0 Å². The van der Waals surface area contributed by atoms with Gasteiger partial charge in [0.1, 0.15) is 0 Å². The molecule has 0 aromatic heterocycles. The van der Waals surface area contributed by atoms with Crippen LogP contribution in [0.5, 0.6) is 0 Å². The van der Waals surface area contributed by atoms with Crippen molar-refractivity contribution in [2.24, 2.45) is 0 Å². The Bertz CT molecular complexity index is 171. The van der Waals surface area contributed by atoms with Gasteiger partial charge >= 0.3 is 35.7 Å². The molecule has 4 nitrogen and oxygen atoms in total. The van der Waals surface area contributed by atoms with Crippen LogP contribution in [0.4, 0.5) is 13.2 Å². The standard InChI is InChI=1S/C3H6F3O4P.Na/c1-9-11(7,8)10-2-3(4,5)6;/h2H2,1H3,(H,7,8);/q;+1/p-1. The summed E-state index contributed by atoms with van der Waals surface area (Å²) in [6.07, 6.45) is -4.67. The maximum absolute atomic E-state index is 11.3. The third-order valence-corrected chi connectivity index (χ3v) is 1.50. The minimum Gasteiger partial charge on any atom is -0.756 e. The Hall–Kier alpha value is 0.900. The summed E-state index contributed by atoms with van der Waals surface area (Å²) in [6.45, 7) is -1.86. The van der Waals surface area contributed by atoms with Gasteiger partial charge in [0.15, 0.2) is 6.61 Å². The van der Waals surface area contributed by atoms with Crippen LogP contribution in [-0.4, -0.2) is 19.9 Å². The van der Waals surface area contributed by atoms with E-state index in [-0.39, 0.29) is 29.6 Å². The van der Waals surface area contributed by atoms with Gasteiger partial charge < -0.3 is 13.9 Å². The molecule has 0 bridgehead atoms. The molecular formula is C3H5F3NaO4P. The first-order valence-electron chi connectivity index (χ1n) is 2.35. The number of alkyl halides is 3. The fourth-order valence-corrected chi connectivity index (χ4v) is 0.615. The number of phosphoric acid groups is 1. The van der Waals surface area contributed by atoms with Crippen molar-refractivity contribution in [2.75, 3.05) is 13.7 Å². The van der Waals surface area contributed by atoms with Crippen molar-refractivity contribution in [3.63, 3.8) is 0 Å². The summed E-state index contributed by atoms with van der Waals surface area (Å²) in [6, 6.07) is 0. The van der Waals surface area contributed by atoms with Crippen molar-refractivity contribution in [2.45, 2.75) is 6.18 Å². The molecule has 68 valence electrons. The predicted molar refractivity (Wildman–Crippen MR) is 26.6 cm³/mol. The summed E-state index contributed by atoms with van der Waals surface area (Å²) in [7, 11) is -4.03. The van der Waals surface area contributed by atoms with E-state index in [9.17, 15) is 22.6 Å². The monoisotopic (exact) mass is 216 g/mol. The first-order valence-corrected chi connectivity index (χ1v) is 3.81. The maximum Gasteiger partial charge on any atom is 1.00 e. The van der Waals surface area contributed by atoms with E-state index in [1.54, 1.807) is 0 Å². The van der Waals surface area contributed by atoms with E-state index in [4.69, 9.17) is 0 Å². The van der Waals surface area contributed by atoms with Gasteiger partial charge in [0.25, 0.3) is 7.82 Å². The fraction of sp³-hybridized carbons (Fsp3) is 1.00. The molecule has 0 radical (unpaired) electrons. The maximum atomic E-state index is 11.3. The third-order valence-electron chi connectivity index (χ3n) is 0.610. The summed E-state index contributed by atoms with van der Waals surface area (Å²) in [5.41, 5.74) is 0. The molecular weight excluding hydrogens is 211 g/mol. The molecule has 0 spiro atoms. The van der Waals surface area contributed by atoms with E-state index in [1.807, 2.05) is 0 Å². The Kier molecular flexibility index (Phi) is 7.17. The molecule has 0 heterocycles. The molecule has 0 amide bonds. The van der Waals surface area contributed by atoms with Crippen molar-refractivity contribution >= 4 is 7.82 Å². The van der Waals surface area contributed by atoms with Gasteiger partial charge in [0.05, 0.1) is 0 Å². The molecule has 9 heteroatoms. The van der Waals surface area contributed by atoms with Gasteiger partial charge in [-0.1, -0.05) is 0 Å². The van der Waals surface area contributed by atoms with E-state index >= 15 is 0 Å². The van der Waals surface area contributed by atoms with Gasteiger partial charge in [-0.25, -0.2) is 0 Å². The second kappa shape index (κ2) is 5.59. The minimum atomic E-state index is -4.74. The predicted octanol–water partition coefficient (Wildman–Crippen LogP) is -2.32. The molecule has 1 atom stereocenters. The van der Waals surface area contributed by atoms with Crippen LogP contribution in [-0.2, 0) is 13.6 Å². The molecule has 0 aliphatic rings. The quantitative estimate of drug-likeness (QED) is 0.392. The van der Waals surface area contributed by atoms with E-state index in [0.29, 0.717) is 7.11 Å². The van der Waals surface area contributed by atoms with Gasteiger partial charge in [-0.05, 0) is 0 Å². The van der Waals surface area contributed by atoms with Crippen LogP contribution in [0.3, 0.4) is 0 Å². The normalized spacial score (nSPS) is 16.4. The topological polar surface area (TPSA) is 58.6 Å². The average molecular weight is 216 g/mol. The molecule has 0 saturated carbocycles. The number of hydrogen-bond acceptors (Lipinski definition) is 4. The molecule has 1 unspecified atom stereocenters. The van der Waals surface area contributed by atoms with E-state index < -0.39 is 20.6 Å². The second-order valence-corrected chi connectivity index (χ2v) is 3.04. The average Bonchev–Trinajstić information content (AvgIpc) is 1.83. The van der Waals surface area contributed by atoms with Crippen LogP contribution in [0.15, 0.2) is 0 Å². The Labute approximate surface area is 89.0 Å². The van der Waals surface area contributed by atoms with Crippen molar-refractivity contribution in [3.05, 3.63) is 0 Å². The van der Waals surface area contributed by atoms with Crippen molar-refractivity contribution in [1.82, 2.24) is 0 Å². The van der Waals surface area contributed by atoms with E-state index in [0.717, 1.165) is 0 Å². The SMILES string of the molecule is COP(=O)([O-])OCC(F)(F)F.[Na+]. The Balaban J connectivity index is 0. The largest absolute Gasteiger partial charge is 1.00 e. The van der Waals surface area contributed by atoms with E-state index in [2.05, 4.69) is 9.05 Å². The zero-order chi connectivity index (χ0) is 9.12. The summed E-state index contributed by atoms with van der Waals surface area (Å²) < 4.78 is 51.0. The van der Waals surface area contributed by atoms with Gasteiger partial charge in [0.2, 0.25) is 0 Å². The van der Waals surface area contributed by atoms with Crippen molar-refractivity contribution < 1.29 is 61.2 Å². The number of rotatable bonds is 3. The molecule has 0 saturated heterocycles. The summed E-state index contributed by atoms with van der Waals surface area (Å²) >= 11 is 0. The molecule has 0 aromatic carbocycles. The first-order chi connectivity index (χ1) is 4.77. The molecule has 0 aliphatic heterocycles. The molecule has 0 fully saturated rings. The Morgan fingerprint density at radius 2 is 1.92 bits per heavy atom. The molecule has 0 aliphatic carbocycles. The molecule has 0 rings (SSSR count). The minimum absolute atomic E-state index is 0. The number of halogens is 3. The second-order valence-electron chi connectivity index (χ2n) is 1.52. The molecule has 0 N–H and O–H groups in total. The first kappa shape index (κ1) is 15.4. The summed E-state index contributed by atoms with van der Waals surface area (Å²) in [5.74, 6) is 0. The Morgan fingerprint density at radius 3 is 2.17 bits per heavy atom. The van der Waals surface area contributed by atoms with Crippen LogP contribution in [0, 0.1) is 0 Å². The van der Waals surface area contributed by atoms with Crippen LogP contribution in [0.25, 0.3) is 0 Å². The van der Waals surface area contributed by atoms with Crippen LogP contribution < -0.4 is 34.5 Å². The van der Waals surface area contributed by atoms with E-state index in [1.165, 1.54) is 0 Å². The number of phosphoric ester groups is 1. The van der Waals surface area contributed by atoms with Gasteiger partial charge in [-0.3, -0.25) is 4.57 Å². The van der Waals surface area contributed by atoms with Crippen LogP contribution >= 0.6 is 7.82 Å². The van der Waals surface area contributed by atoms with Crippen molar-refractivity contribution in [1.29, 1.82) is 0 Å². The van der Waals surface area contributed by atoms with Gasteiger partial charge in [-0.2, -0.15) is 13.2 Å². The summed E-state index contributed by atoms with van der Waals surface area (Å²) in [5, 5.41) is 0.